The zero-order chi connectivity index (χ0) is 27.3. The fourth-order valence-corrected chi connectivity index (χ4v) is 10.4. The van der Waals surface area contributed by atoms with E-state index in [0.29, 0.717) is 31.0 Å². The molecule has 4 fully saturated rings. The summed E-state index contributed by atoms with van der Waals surface area (Å²) in [4.78, 5) is 12.9. The van der Waals surface area contributed by atoms with Crippen molar-refractivity contribution in [1.29, 1.82) is 0 Å². The van der Waals surface area contributed by atoms with Crippen molar-refractivity contribution in [3.05, 3.63) is 11.6 Å². The maximum Gasteiger partial charge on any atom is 0.160 e. The molecule has 3 saturated carbocycles. The molecule has 0 aromatic heterocycles. The van der Waals surface area contributed by atoms with Crippen LogP contribution in [0.15, 0.2) is 11.6 Å². The quantitative estimate of drug-likeness (QED) is 0.469. The fourth-order valence-electron chi connectivity index (χ4n) is 10.4. The summed E-state index contributed by atoms with van der Waals surface area (Å²) < 4.78 is 12.0. The number of ether oxygens (including phenoxy) is 2. The van der Waals surface area contributed by atoms with Gasteiger partial charge in [0.25, 0.3) is 0 Å². The van der Waals surface area contributed by atoms with Crippen molar-refractivity contribution in [1.82, 2.24) is 0 Å². The predicted molar refractivity (Wildman–Crippen MR) is 141 cm³/mol. The van der Waals surface area contributed by atoms with E-state index in [1.165, 1.54) is 5.57 Å². The van der Waals surface area contributed by atoms with E-state index < -0.39 is 35.6 Å². The Hall–Kier alpha value is -0.790. The standard InChI is InChI=1S/C31H50O6/c1-27(2)22-16-24(33)31(7)20-10-9-18(17-15-19(37-26(17)36-8)25(34)28(3,4)35)29(20,5)13-11-21(31)30(22,6)14-12-23(27)32/h10,17-19,21-22,24-26,33-35H,9,11-16H2,1-8H3/t17-,18-,19+,21+,22-,24+,25?,26-,29-,30+,31-/m0/s1. The highest BCUT2D eigenvalue weighted by Gasteiger charge is 2.69. The van der Waals surface area contributed by atoms with E-state index in [-0.39, 0.29) is 34.0 Å². The van der Waals surface area contributed by atoms with Gasteiger partial charge in [0.1, 0.15) is 11.9 Å². The number of Topliss-reactive ketones (excluding diaryl/α,β-unsaturated/α-hetero) is 1. The smallest absolute Gasteiger partial charge is 0.160 e. The first-order valence-electron chi connectivity index (χ1n) is 14.5. The van der Waals surface area contributed by atoms with E-state index in [1.54, 1.807) is 21.0 Å². The monoisotopic (exact) mass is 518 g/mol. The number of hydrogen-bond donors (Lipinski definition) is 3. The summed E-state index contributed by atoms with van der Waals surface area (Å²) in [5.41, 5.74) is -0.638. The van der Waals surface area contributed by atoms with Crippen molar-refractivity contribution in [3.63, 3.8) is 0 Å². The van der Waals surface area contributed by atoms with Crippen LogP contribution >= 0.6 is 0 Å². The maximum absolute atomic E-state index is 12.9. The molecule has 5 rings (SSSR count). The highest BCUT2D eigenvalue weighted by atomic mass is 16.7. The minimum Gasteiger partial charge on any atom is -0.392 e. The van der Waals surface area contributed by atoms with Crippen LogP contribution in [0.4, 0.5) is 0 Å². The fraction of sp³-hybridized carbons (Fsp3) is 0.903. The number of carbonyl (C=O) groups is 1. The second-order valence-electron chi connectivity index (χ2n) is 15.0. The molecule has 0 spiro atoms. The second-order valence-corrected chi connectivity index (χ2v) is 15.0. The largest absolute Gasteiger partial charge is 0.392 e. The van der Waals surface area contributed by atoms with Gasteiger partial charge in [-0.05, 0) is 81.0 Å². The first kappa shape index (κ1) is 27.8. The Labute approximate surface area is 223 Å². The molecule has 1 heterocycles. The summed E-state index contributed by atoms with van der Waals surface area (Å²) in [5, 5.41) is 33.1. The zero-order valence-corrected chi connectivity index (χ0v) is 24.2. The summed E-state index contributed by atoms with van der Waals surface area (Å²) in [6.45, 7) is 14.5. The molecule has 3 N–H and O–H groups in total. The molecule has 0 bridgehead atoms. The molecule has 6 heteroatoms. The normalized spacial score (nSPS) is 50.2. The van der Waals surface area contributed by atoms with Crippen LogP contribution in [0, 0.1) is 45.3 Å². The van der Waals surface area contributed by atoms with Gasteiger partial charge in [-0.3, -0.25) is 4.79 Å². The Kier molecular flexibility index (Phi) is 6.46. The van der Waals surface area contributed by atoms with Gasteiger partial charge in [0.05, 0.1) is 17.8 Å². The van der Waals surface area contributed by atoms with E-state index in [1.807, 2.05) is 0 Å². The number of allylic oxidation sites excluding steroid dienone is 1. The van der Waals surface area contributed by atoms with Crippen molar-refractivity contribution in [2.24, 2.45) is 45.3 Å². The van der Waals surface area contributed by atoms with E-state index in [0.717, 1.165) is 25.7 Å². The number of aliphatic hydroxyl groups is 3. The van der Waals surface area contributed by atoms with Gasteiger partial charge < -0.3 is 24.8 Å². The lowest BCUT2D eigenvalue weighted by molar-refractivity contribution is -0.196. The van der Waals surface area contributed by atoms with Crippen LogP contribution in [0.5, 0.6) is 0 Å². The van der Waals surface area contributed by atoms with E-state index in [4.69, 9.17) is 9.47 Å². The van der Waals surface area contributed by atoms with Crippen LogP contribution in [0.3, 0.4) is 0 Å². The average molecular weight is 519 g/mol. The second kappa shape index (κ2) is 8.60. The summed E-state index contributed by atoms with van der Waals surface area (Å²) in [5.74, 6) is 1.26. The topological polar surface area (TPSA) is 96.2 Å². The van der Waals surface area contributed by atoms with Crippen LogP contribution in [-0.4, -0.2) is 58.4 Å². The van der Waals surface area contributed by atoms with Gasteiger partial charge in [-0.15, -0.1) is 0 Å². The molecule has 0 amide bonds. The molecule has 37 heavy (non-hydrogen) atoms. The van der Waals surface area contributed by atoms with Crippen LogP contribution in [-0.2, 0) is 14.3 Å². The molecule has 1 aliphatic heterocycles. The lowest BCUT2D eigenvalue weighted by atomic mass is 9.37. The minimum atomic E-state index is -1.25. The van der Waals surface area contributed by atoms with Gasteiger partial charge in [-0.1, -0.05) is 46.3 Å². The molecule has 5 aliphatic rings. The van der Waals surface area contributed by atoms with E-state index >= 15 is 0 Å². The predicted octanol–water partition coefficient (Wildman–Crippen LogP) is 4.64. The zero-order valence-electron chi connectivity index (χ0n) is 24.2. The molecule has 1 saturated heterocycles. The maximum atomic E-state index is 12.9. The SMILES string of the molecule is CO[C@H]1O[C@@H](C(O)C(C)(C)O)C[C@H]1[C@@H]1CC=C2[C@]3(C)[C@H](O)C[C@H]4C(C)(C)C(=O)CC[C@]4(C)[C@H]3CC[C@]21C. The van der Waals surface area contributed by atoms with E-state index in [2.05, 4.69) is 40.7 Å². The van der Waals surface area contributed by atoms with Gasteiger partial charge in [0.2, 0.25) is 0 Å². The van der Waals surface area contributed by atoms with E-state index in [9.17, 15) is 20.1 Å². The molecular formula is C31H50O6. The summed E-state index contributed by atoms with van der Waals surface area (Å²) in [6, 6.07) is 0. The van der Waals surface area contributed by atoms with Gasteiger partial charge >= 0.3 is 0 Å². The van der Waals surface area contributed by atoms with Gasteiger partial charge in [0, 0.05) is 30.3 Å². The Morgan fingerprint density at radius 1 is 1.11 bits per heavy atom. The van der Waals surface area contributed by atoms with Crippen molar-refractivity contribution < 1.29 is 29.6 Å². The van der Waals surface area contributed by atoms with Crippen molar-refractivity contribution >= 4 is 5.78 Å². The van der Waals surface area contributed by atoms with Crippen LogP contribution in [0.1, 0.15) is 93.4 Å². The molecule has 4 aliphatic carbocycles. The number of methoxy groups -OCH3 is 1. The van der Waals surface area contributed by atoms with Gasteiger partial charge in [-0.2, -0.15) is 0 Å². The Balaban J connectivity index is 1.46. The minimum absolute atomic E-state index is 0.0269. The van der Waals surface area contributed by atoms with Crippen LogP contribution in [0.2, 0.25) is 0 Å². The first-order valence-corrected chi connectivity index (χ1v) is 14.5. The molecule has 6 nitrogen and oxygen atoms in total. The highest BCUT2D eigenvalue weighted by molar-refractivity contribution is 5.85. The van der Waals surface area contributed by atoms with Crippen molar-refractivity contribution in [2.45, 2.75) is 124 Å². The number of carbonyl (C=O) groups excluding carboxylic acids is 1. The Morgan fingerprint density at radius 2 is 1.78 bits per heavy atom. The van der Waals surface area contributed by atoms with Gasteiger partial charge in [0.15, 0.2) is 6.29 Å². The lowest BCUT2D eigenvalue weighted by Crippen LogP contribution is -2.65. The third-order valence-corrected chi connectivity index (χ3v) is 12.5. The first-order chi connectivity index (χ1) is 17.0. The molecule has 0 aromatic carbocycles. The number of fused-ring (bicyclic) bond motifs is 5. The molecular weight excluding hydrogens is 468 g/mol. The molecule has 210 valence electrons. The highest BCUT2D eigenvalue weighted by Crippen LogP contribution is 2.73. The average Bonchev–Trinajstić information content (AvgIpc) is 3.38. The number of aliphatic hydroxyl groups excluding tert-OH is 2. The lowest BCUT2D eigenvalue weighted by Gasteiger charge is -2.67. The molecule has 11 atom stereocenters. The van der Waals surface area contributed by atoms with Crippen molar-refractivity contribution in [2.75, 3.05) is 7.11 Å². The molecule has 0 aromatic rings. The van der Waals surface area contributed by atoms with Crippen LogP contribution < -0.4 is 0 Å². The Morgan fingerprint density at radius 3 is 2.41 bits per heavy atom. The Bertz CT molecular complexity index is 965. The van der Waals surface area contributed by atoms with Crippen LogP contribution in [0.25, 0.3) is 0 Å². The molecule has 0 radical (unpaired) electrons. The number of rotatable bonds is 4. The molecule has 1 unspecified atom stereocenters. The van der Waals surface area contributed by atoms with Crippen molar-refractivity contribution in [3.8, 4) is 0 Å². The third kappa shape index (κ3) is 3.72. The summed E-state index contributed by atoms with van der Waals surface area (Å²) >= 11 is 0. The van der Waals surface area contributed by atoms with Gasteiger partial charge in [-0.25, -0.2) is 0 Å². The third-order valence-electron chi connectivity index (χ3n) is 12.5. The summed E-state index contributed by atoms with van der Waals surface area (Å²) in [6.07, 6.45) is 5.90. The number of hydrogen-bond acceptors (Lipinski definition) is 6. The summed E-state index contributed by atoms with van der Waals surface area (Å²) in [7, 11) is 1.67. The number of ketones is 1.